The number of likely N-dealkylation sites (N-methyl/N-ethyl adjacent to an activating group) is 1. The summed E-state index contributed by atoms with van der Waals surface area (Å²) in [5, 5.41) is 9.07. The van der Waals surface area contributed by atoms with Crippen molar-refractivity contribution in [3.63, 3.8) is 0 Å². The second-order valence-electron chi connectivity index (χ2n) is 2.99. The predicted molar refractivity (Wildman–Crippen MR) is 59.0 cm³/mol. The van der Waals surface area contributed by atoms with Gasteiger partial charge >= 0.3 is 0 Å². The highest BCUT2D eigenvalue weighted by Gasteiger charge is 2.04. The topological polar surface area (TPSA) is 46.1 Å². The van der Waals surface area contributed by atoms with Crippen LogP contribution in [0.1, 0.15) is 5.01 Å². The van der Waals surface area contributed by atoms with E-state index in [1.165, 1.54) is 11.8 Å². The first-order valence-electron chi connectivity index (χ1n) is 4.26. The van der Waals surface area contributed by atoms with E-state index >= 15 is 0 Å². The summed E-state index contributed by atoms with van der Waals surface area (Å²) in [5.74, 6) is 0.461. The molecule has 0 saturated heterocycles. The van der Waals surface area contributed by atoms with E-state index in [0.29, 0.717) is 5.75 Å². The zero-order valence-corrected chi connectivity index (χ0v) is 9.90. The van der Waals surface area contributed by atoms with Gasteiger partial charge in [0, 0.05) is 13.0 Å². The molecule has 14 heavy (non-hydrogen) atoms. The lowest BCUT2D eigenvalue weighted by atomic mass is 10.4. The molecule has 0 aromatic carbocycles. The van der Waals surface area contributed by atoms with E-state index in [0.717, 1.165) is 28.6 Å². The first kappa shape index (κ1) is 11.6. The molecule has 0 N–H and O–H groups in total. The van der Waals surface area contributed by atoms with Gasteiger partial charge in [-0.2, -0.15) is 0 Å². The van der Waals surface area contributed by atoms with Crippen molar-refractivity contribution in [3.05, 3.63) is 5.01 Å². The average Bonchev–Trinajstić information content (AvgIpc) is 2.59. The summed E-state index contributed by atoms with van der Waals surface area (Å²) in [6, 6.07) is 0. The van der Waals surface area contributed by atoms with E-state index in [1.807, 2.05) is 14.1 Å². The minimum absolute atomic E-state index is 0.461. The van der Waals surface area contributed by atoms with Crippen molar-refractivity contribution in [2.75, 3.05) is 26.4 Å². The van der Waals surface area contributed by atoms with Crippen molar-refractivity contribution in [2.24, 2.45) is 0 Å². The summed E-state index contributed by atoms with van der Waals surface area (Å²) < 4.78 is 0.880. The number of carbonyl (C=O) groups excluding carboxylic acids is 1. The minimum atomic E-state index is 0.461. The molecule has 0 aliphatic heterocycles. The summed E-state index contributed by atoms with van der Waals surface area (Å²) >= 11 is 3.01. The second kappa shape index (κ2) is 6.10. The second-order valence-corrected chi connectivity index (χ2v) is 5.32. The van der Waals surface area contributed by atoms with Crippen molar-refractivity contribution in [1.29, 1.82) is 0 Å². The molecule has 0 bridgehead atoms. The van der Waals surface area contributed by atoms with Gasteiger partial charge in [-0.05, 0) is 14.1 Å². The molecule has 6 heteroatoms. The molecule has 1 aromatic rings. The summed E-state index contributed by atoms with van der Waals surface area (Å²) in [4.78, 5) is 12.2. The fraction of sp³-hybridized carbons (Fsp3) is 0.625. The Balaban J connectivity index is 2.38. The van der Waals surface area contributed by atoms with Crippen molar-refractivity contribution >= 4 is 29.4 Å². The number of thioether (sulfide) groups is 1. The summed E-state index contributed by atoms with van der Waals surface area (Å²) in [6.45, 7) is 0.979. The highest BCUT2D eigenvalue weighted by molar-refractivity contribution is 8.01. The molecule has 1 heterocycles. The Morgan fingerprint density at radius 2 is 2.29 bits per heavy atom. The third-order valence-corrected chi connectivity index (χ3v) is 3.51. The molecule has 1 rings (SSSR count). The van der Waals surface area contributed by atoms with E-state index in [9.17, 15) is 4.79 Å². The van der Waals surface area contributed by atoms with Crippen molar-refractivity contribution < 1.29 is 4.79 Å². The van der Waals surface area contributed by atoms with Crippen LogP contribution >= 0.6 is 23.1 Å². The number of rotatable bonds is 6. The van der Waals surface area contributed by atoms with E-state index < -0.39 is 0 Å². The van der Waals surface area contributed by atoms with Crippen molar-refractivity contribution in [2.45, 2.75) is 10.8 Å². The van der Waals surface area contributed by atoms with Crippen molar-refractivity contribution in [1.82, 2.24) is 15.1 Å². The number of nitrogens with zero attached hydrogens (tertiary/aromatic N) is 3. The van der Waals surface area contributed by atoms with Gasteiger partial charge in [-0.15, -0.1) is 10.2 Å². The maximum absolute atomic E-state index is 10.1. The Bertz CT molecular complexity index is 288. The number of aldehydes is 1. The number of carbonyl (C=O) groups is 1. The third-order valence-electron chi connectivity index (χ3n) is 1.50. The molecule has 0 unspecified atom stereocenters. The molecular formula is C8H13N3OS2. The maximum atomic E-state index is 10.1. The molecule has 0 aliphatic carbocycles. The lowest BCUT2D eigenvalue weighted by Crippen LogP contribution is -2.14. The van der Waals surface area contributed by atoms with Crippen LogP contribution in [0.4, 0.5) is 0 Å². The summed E-state index contributed by atoms with van der Waals surface area (Å²) in [7, 11) is 4.06. The molecule has 4 nitrogen and oxygen atoms in total. The average molecular weight is 231 g/mol. The monoisotopic (exact) mass is 231 g/mol. The van der Waals surface area contributed by atoms with Crippen LogP contribution in [-0.4, -0.2) is 47.8 Å². The molecule has 0 fully saturated rings. The molecule has 0 aliphatic rings. The van der Waals surface area contributed by atoms with Crippen molar-refractivity contribution in [3.8, 4) is 0 Å². The molecule has 0 amide bonds. The maximum Gasteiger partial charge on any atom is 0.174 e. The fourth-order valence-electron chi connectivity index (χ4n) is 0.822. The van der Waals surface area contributed by atoms with Gasteiger partial charge in [-0.1, -0.05) is 23.1 Å². The lowest BCUT2D eigenvalue weighted by Gasteiger charge is -2.05. The molecular weight excluding hydrogens is 218 g/mol. The lowest BCUT2D eigenvalue weighted by molar-refractivity contribution is -0.105. The zero-order valence-electron chi connectivity index (χ0n) is 8.27. The van der Waals surface area contributed by atoms with Crippen LogP contribution < -0.4 is 0 Å². The Kier molecular flexibility index (Phi) is 5.06. The number of aromatic nitrogens is 2. The molecule has 0 saturated carbocycles. The summed E-state index contributed by atoms with van der Waals surface area (Å²) in [5.41, 5.74) is 0. The SMILES string of the molecule is CN(C)CCc1nnc(SCC=O)s1. The molecule has 0 atom stereocenters. The van der Waals surface area contributed by atoms with Crippen LogP contribution in [0.2, 0.25) is 0 Å². The minimum Gasteiger partial charge on any atom is -0.309 e. The fourth-order valence-corrected chi connectivity index (χ4v) is 2.42. The van der Waals surface area contributed by atoms with Gasteiger partial charge in [-0.25, -0.2) is 0 Å². The van der Waals surface area contributed by atoms with Gasteiger partial charge in [0.2, 0.25) is 0 Å². The van der Waals surface area contributed by atoms with Gasteiger partial charge in [0.1, 0.15) is 11.3 Å². The van der Waals surface area contributed by atoms with Crippen LogP contribution in [0.15, 0.2) is 4.34 Å². The Morgan fingerprint density at radius 3 is 2.93 bits per heavy atom. The van der Waals surface area contributed by atoms with Crippen LogP contribution in [0.25, 0.3) is 0 Å². The van der Waals surface area contributed by atoms with Gasteiger partial charge in [0.15, 0.2) is 4.34 Å². The molecule has 0 radical (unpaired) electrons. The number of hydrogen-bond acceptors (Lipinski definition) is 6. The van der Waals surface area contributed by atoms with E-state index in [4.69, 9.17) is 0 Å². The highest BCUT2D eigenvalue weighted by atomic mass is 32.2. The molecule has 0 spiro atoms. The van der Waals surface area contributed by atoms with E-state index in [1.54, 1.807) is 11.3 Å². The Morgan fingerprint density at radius 1 is 1.50 bits per heavy atom. The van der Waals surface area contributed by atoms with Gasteiger partial charge in [0.05, 0.1) is 5.75 Å². The Labute approximate surface area is 91.7 Å². The van der Waals surface area contributed by atoms with Crippen LogP contribution in [0.3, 0.4) is 0 Å². The van der Waals surface area contributed by atoms with Crippen LogP contribution in [0.5, 0.6) is 0 Å². The van der Waals surface area contributed by atoms with E-state index in [2.05, 4.69) is 15.1 Å². The standard InChI is InChI=1S/C8H13N3OS2/c1-11(2)4-3-7-9-10-8(14-7)13-6-5-12/h5H,3-4,6H2,1-2H3. The summed E-state index contributed by atoms with van der Waals surface area (Å²) in [6.07, 6.45) is 1.80. The zero-order chi connectivity index (χ0) is 10.4. The molecule has 1 aromatic heterocycles. The largest absolute Gasteiger partial charge is 0.309 e. The predicted octanol–water partition coefficient (Wildman–Crippen LogP) is 0.933. The first-order chi connectivity index (χ1) is 6.72. The first-order valence-corrected chi connectivity index (χ1v) is 6.06. The quantitative estimate of drug-likeness (QED) is 0.538. The van der Waals surface area contributed by atoms with Gasteiger partial charge < -0.3 is 9.69 Å². The molecule has 78 valence electrons. The van der Waals surface area contributed by atoms with Crippen LogP contribution in [-0.2, 0) is 11.2 Å². The Hall–Kier alpha value is -0.460. The highest BCUT2D eigenvalue weighted by Crippen LogP contribution is 2.21. The van der Waals surface area contributed by atoms with Crippen LogP contribution in [0, 0.1) is 0 Å². The smallest absolute Gasteiger partial charge is 0.174 e. The number of hydrogen-bond donors (Lipinski definition) is 0. The van der Waals surface area contributed by atoms with E-state index in [-0.39, 0.29) is 0 Å². The normalized spacial score (nSPS) is 10.8. The van der Waals surface area contributed by atoms with Gasteiger partial charge in [-0.3, -0.25) is 0 Å². The van der Waals surface area contributed by atoms with Gasteiger partial charge in [0.25, 0.3) is 0 Å². The third kappa shape index (κ3) is 4.17.